The predicted octanol–water partition coefficient (Wildman–Crippen LogP) is 0.349. The molecule has 0 atom stereocenters. The van der Waals surface area contributed by atoms with Gasteiger partial charge in [-0.3, -0.25) is 4.18 Å². The van der Waals surface area contributed by atoms with Crippen molar-refractivity contribution in [1.29, 1.82) is 0 Å². The molecule has 0 aromatic heterocycles. The average molecular weight is 215 g/mol. The Hall–Kier alpha value is -1.40. The molecule has 0 spiro atoms. The molecule has 0 aliphatic carbocycles. The molecule has 1 aromatic rings. The Morgan fingerprint density at radius 2 is 1.79 bits per heavy atom. The van der Waals surface area contributed by atoms with E-state index in [1.807, 2.05) is 0 Å². The summed E-state index contributed by atoms with van der Waals surface area (Å²) in [4.78, 5) is 9.89. The Morgan fingerprint density at radius 3 is 2.29 bits per heavy atom. The van der Waals surface area contributed by atoms with E-state index >= 15 is 0 Å². The molecule has 0 saturated carbocycles. The van der Waals surface area contributed by atoms with Gasteiger partial charge in [0, 0.05) is 0 Å². The van der Waals surface area contributed by atoms with Crippen LogP contribution in [-0.2, 0) is 24.2 Å². The first kappa shape index (κ1) is 10.7. The maximum atomic E-state index is 11.2. The lowest BCUT2D eigenvalue weighted by molar-refractivity contribution is -0.145. The zero-order chi connectivity index (χ0) is 10.6. The third-order valence-electron chi connectivity index (χ3n) is 1.36. The third-order valence-corrected chi connectivity index (χ3v) is 2.64. The normalized spacial score (nSPS) is 11.1. The van der Waals surface area contributed by atoms with Gasteiger partial charge < -0.3 is 0 Å². The van der Waals surface area contributed by atoms with E-state index in [1.165, 1.54) is 24.3 Å². The highest BCUT2D eigenvalue weighted by molar-refractivity contribution is 7.86. The molecular weight excluding hydrogens is 208 g/mol. The molecule has 0 aliphatic heterocycles. The van der Waals surface area contributed by atoms with Gasteiger partial charge in [-0.1, -0.05) is 18.2 Å². The van der Waals surface area contributed by atoms with Crippen molar-refractivity contribution in [3.05, 3.63) is 30.3 Å². The second-order valence-corrected chi connectivity index (χ2v) is 4.02. The fourth-order valence-electron chi connectivity index (χ4n) is 0.781. The predicted molar refractivity (Wildman–Crippen MR) is 45.3 cm³/mol. The maximum absolute atomic E-state index is 11.2. The largest absolute Gasteiger partial charge is 0.382 e. The van der Waals surface area contributed by atoms with Crippen LogP contribution in [0.3, 0.4) is 0 Å². The molecule has 1 aromatic carbocycles. The van der Waals surface area contributed by atoms with E-state index in [4.69, 9.17) is 0 Å². The van der Waals surface area contributed by atoms with Crippen molar-refractivity contribution in [2.45, 2.75) is 4.90 Å². The lowest BCUT2D eigenvalue weighted by Gasteiger charge is -2.01. The molecule has 0 fully saturated rings. The van der Waals surface area contributed by atoms with Gasteiger partial charge in [0.05, 0.1) is 4.90 Å². The molecule has 1 radical (unpaired) electrons. The van der Waals surface area contributed by atoms with E-state index < -0.39 is 22.7 Å². The first-order valence-electron chi connectivity index (χ1n) is 3.67. The van der Waals surface area contributed by atoms with E-state index in [0.717, 1.165) is 0 Å². The molecule has 0 N–H and O–H groups in total. The van der Waals surface area contributed by atoms with E-state index in [9.17, 15) is 18.3 Å². The summed E-state index contributed by atoms with van der Waals surface area (Å²) in [5.74, 6) is -1.58. The summed E-state index contributed by atoms with van der Waals surface area (Å²) in [6.45, 7) is -0.975. The Morgan fingerprint density at radius 1 is 1.21 bits per heavy atom. The number of benzene rings is 1. The van der Waals surface area contributed by atoms with Crippen LogP contribution in [0.2, 0.25) is 0 Å². The highest BCUT2D eigenvalue weighted by Crippen LogP contribution is 2.10. The summed E-state index contributed by atoms with van der Waals surface area (Å²) in [5, 5.41) is 9.98. The summed E-state index contributed by atoms with van der Waals surface area (Å²) in [6, 6.07) is 7.28. The summed E-state index contributed by atoms with van der Waals surface area (Å²) in [6.07, 6.45) is 0. The van der Waals surface area contributed by atoms with Crippen LogP contribution in [0, 0.1) is 0 Å². The molecule has 1 rings (SSSR count). The van der Waals surface area contributed by atoms with Gasteiger partial charge in [0.15, 0.2) is 6.61 Å². The molecule has 0 amide bonds. The van der Waals surface area contributed by atoms with Crippen molar-refractivity contribution in [2.75, 3.05) is 6.61 Å². The molecule has 6 heteroatoms. The summed E-state index contributed by atoms with van der Waals surface area (Å²) < 4.78 is 26.6. The zero-order valence-electron chi connectivity index (χ0n) is 7.04. The molecular formula is C8H7O5S. The van der Waals surface area contributed by atoms with Crippen molar-refractivity contribution in [3.8, 4) is 0 Å². The fraction of sp³-hybridized carbons (Fsp3) is 0.125. The number of hydrogen-bond donors (Lipinski definition) is 0. The van der Waals surface area contributed by atoms with Crippen LogP contribution in [0.15, 0.2) is 35.2 Å². The molecule has 0 bridgehead atoms. The first-order chi connectivity index (χ1) is 6.52. The minimum Gasteiger partial charge on any atom is -0.254 e. The molecule has 0 aliphatic rings. The maximum Gasteiger partial charge on any atom is 0.382 e. The molecule has 75 valence electrons. The van der Waals surface area contributed by atoms with E-state index in [-0.39, 0.29) is 4.90 Å². The molecule has 0 unspecified atom stereocenters. The van der Waals surface area contributed by atoms with Crippen molar-refractivity contribution in [1.82, 2.24) is 0 Å². The van der Waals surface area contributed by atoms with Gasteiger partial charge in [-0.25, -0.2) is 9.90 Å². The van der Waals surface area contributed by atoms with Crippen molar-refractivity contribution >= 4 is 16.1 Å². The molecule has 0 saturated heterocycles. The van der Waals surface area contributed by atoms with Crippen LogP contribution in [0.4, 0.5) is 0 Å². The van der Waals surface area contributed by atoms with Gasteiger partial charge in [0.25, 0.3) is 10.1 Å². The van der Waals surface area contributed by atoms with Crippen molar-refractivity contribution in [2.24, 2.45) is 0 Å². The third kappa shape index (κ3) is 2.82. The van der Waals surface area contributed by atoms with Crippen LogP contribution < -0.4 is 0 Å². The fourth-order valence-corrected chi connectivity index (χ4v) is 1.66. The van der Waals surface area contributed by atoms with Gasteiger partial charge in [-0.05, 0) is 12.1 Å². The SMILES string of the molecule is [O]C(=O)COS(=O)(=O)c1ccccc1. The molecule has 5 nitrogen and oxygen atoms in total. The number of carbonyl (C=O) groups excluding carboxylic acids is 1. The molecule has 0 heterocycles. The number of hydrogen-bond acceptors (Lipinski definition) is 4. The number of carbonyl (C=O) groups is 1. The summed E-state index contributed by atoms with van der Waals surface area (Å²) in [5.41, 5.74) is 0. The standard InChI is InChI=1S/C8H7O5S/c9-8(10)6-13-14(11,12)7-4-2-1-3-5-7/h1-5H,6H2. The first-order valence-corrected chi connectivity index (χ1v) is 5.07. The van der Waals surface area contributed by atoms with E-state index in [0.29, 0.717) is 0 Å². The van der Waals surface area contributed by atoms with Crippen LogP contribution in [0.25, 0.3) is 0 Å². The second kappa shape index (κ2) is 4.21. The van der Waals surface area contributed by atoms with Crippen LogP contribution >= 0.6 is 0 Å². The Balaban J connectivity index is 2.82. The minimum atomic E-state index is -3.98. The Kier molecular flexibility index (Phi) is 3.21. The lowest BCUT2D eigenvalue weighted by atomic mass is 10.4. The van der Waals surface area contributed by atoms with Crippen molar-refractivity contribution < 1.29 is 22.5 Å². The quantitative estimate of drug-likeness (QED) is 0.678. The topological polar surface area (TPSA) is 80.3 Å². The van der Waals surface area contributed by atoms with Crippen LogP contribution in [0.5, 0.6) is 0 Å². The van der Waals surface area contributed by atoms with Crippen molar-refractivity contribution in [3.63, 3.8) is 0 Å². The summed E-state index contributed by atoms with van der Waals surface area (Å²) in [7, 11) is -3.98. The van der Waals surface area contributed by atoms with Gasteiger partial charge in [-0.15, -0.1) is 0 Å². The molecule has 14 heavy (non-hydrogen) atoms. The number of rotatable bonds is 4. The Labute approximate surface area is 81.1 Å². The summed E-state index contributed by atoms with van der Waals surface area (Å²) >= 11 is 0. The Bertz CT molecular complexity index is 409. The van der Waals surface area contributed by atoms with Gasteiger partial charge in [0.1, 0.15) is 0 Å². The average Bonchev–Trinajstić information content (AvgIpc) is 2.16. The minimum absolute atomic E-state index is 0.0822. The highest BCUT2D eigenvalue weighted by atomic mass is 32.2. The van der Waals surface area contributed by atoms with Crippen LogP contribution in [0.1, 0.15) is 0 Å². The van der Waals surface area contributed by atoms with E-state index in [1.54, 1.807) is 6.07 Å². The smallest absolute Gasteiger partial charge is 0.254 e. The zero-order valence-corrected chi connectivity index (χ0v) is 7.86. The monoisotopic (exact) mass is 215 g/mol. The lowest BCUT2D eigenvalue weighted by Crippen LogP contribution is -2.12. The second-order valence-electron chi connectivity index (χ2n) is 2.40. The van der Waals surface area contributed by atoms with E-state index in [2.05, 4.69) is 4.18 Å². The van der Waals surface area contributed by atoms with Crippen LogP contribution in [-0.4, -0.2) is 21.0 Å². The van der Waals surface area contributed by atoms with Gasteiger partial charge in [-0.2, -0.15) is 8.42 Å². The highest BCUT2D eigenvalue weighted by Gasteiger charge is 2.16. The van der Waals surface area contributed by atoms with Gasteiger partial charge in [0.2, 0.25) is 0 Å². The van der Waals surface area contributed by atoms with Gasteiger partial charge >= 0.3 is 5.97 Å².